The second kappa shape index (κ2) is 11.7. The first-order valence-electron chi connectivity index (χ1n) is 17.4. The van der Waals surface area contributed by atoms with Crippen molar-refractivity contribution in [1.29, 1.82) is 0 Å². The highest BCUT2D eigenvalue weighted by atomic mass is 32.1. The summed E-state index contributed by atoms with van der Waals surface area (Å²) in [4.78, 5) is 10.6. The highest BCUT2D eigenvalue weighted by Gasteiger charge is 2.41. The van der Waals surface area contributed by atoms with Crippen LogP contribution in [0.4, 0.5) is 0 Å². The van der Waals surface area contributed by atoms with E-state index < -0.39 is 0 Å². The number of fused-ring (bicyclic) bond motifs is 6. The van der Waals surface area contributed by atoms with Crippen molar-refractivity contribution in [2.24, 2.45) is 0 Å². The zero-order chi connectivity index (χ0) is 33.9. The standard InChI is InChI=1S/C48H32N2S/c1-48(34-19-6-3-7-20-34)39-25-10-8-21-36(39)45-37(24-13-26-40(45)48)42-30-41(49-47(50-42)31-15-4-2-5-16-31)33-18-12-17-32(29-33)35-23-14-28-44-46(35)38-22-9-11-27-43(38)51-44/h2-30H,1H3. The Morgan fingerprint density at radius 2 is 1.06 bits per heavy atom. The average molecular weight is 669 g/mol. The highest BCUT2D eigenvalue weighted by molar-refractivity contribution is 7.25. The minimum Gasteiger partial charge on any atom is -0.228 e. The van der Waals surface area contributed by atoms with Gasteiger partial charge >= 0.3 is 0 Å². The number of benzene rings is 7. The van der Waals surface area contributed by atoms with Crippen LogP contribution >= 0.6 is 11.3 Å². The summed E-state index contributed by atoms with van der Waals surface area (Å²) in [5.41, 5.74) is 13.5. The van der Waals surface area contributed by atoms with Crippen LogP contribution in [0.2, 0.25) is 0 Å². The number of nitrogens with zero attached hydrogens (tertiary/aromatic N) is 2. The van der Waals surface area contributed by atoms with Crippen molar-refractivity contribution in [3.05, 3.63) is 193 Å². The lowest BCUT2D eigenvalue weighted by atomic mass is 9.74. The fourth-order valence-corrected chi connectivity index (χ4v) is 9.28. The van der Waals surface area contributed by atoms with E-state index in [9.17, 15) is 0 Å². The van der Waals surface area contributed by atoms with Gasteiger partial charge in [0, 0.05) is 42.3 Å². The van der Waals surface area contributed by atoms with Crippen molar-refractivity contribution in [3.8, 4) is 56.2 Å². The van der Waals surface area contributed by atoms with Gasteiger partial charge in [0.15, 0.2) is 5.82 Å². The molecule has 2 heterocycles. The maximum atomic E-state index is 5.31. The molecule has 1 aliphatic rings. The van der Waals surface area contributed by atoms with E-state index in [-0.39, 0.29) is 5.41 Å². The van der Waals surface area contributed by atoms with Crippen molar-refractivity contribution in [2.75, 3.05) is 0 Å². The van der Waals surface area contributed by atoms with Gasteiger partial charge in [-0.3, -0.25) is 0 Å². The summed E-state index contributed by atoms with van der Waals surface area (Å²) in [7, 11) is 0. The molecule has 1 unspecified atom stereocenters. The van der Waals surface area contributed by atoms with Crippen molar-refractivity contribution >= 4 is 31.5 Å². The van der Waals surface area contributed by atoms with Gasteiger partial charge in [-0.15, -0.1) is 11.3 Å². The van der Waals surface area contributed by atoms with Gasteiger partial charge in [-0.05, 0) is 70.1 Å². The Morgan fingerprint density at radius 1 is 0.451 bits per heavy atom. The summed E-state index contributed by atoms with van der Waals surface area (Å²) in [5, 5.41) is 2.61. The maximum absolute atomic E-state index is 5.31. The normalized spacial score (nSPS) is 14.8. The van der Waals surface area contributed by atoms with E-state index >= 15 is 0 Å². The molecule has 0 bridgehead atoms. The molecule has 0 saturated carbocycles. The summed E-state index contributed by atoms with van der Waals surface area (Å²) < 4.78 is 2.61. The molecule has 1 aliphatic carbocycles. The van der Waals surface area contributed by atoms with E-state index in [1.807, 2.05) is 17.4 Å². The number of thiophene rings is 1. The number of hydrogen-bond donors (Lipinski definition) is 0. The zero-order valence-electron chi connectivity index (χ0n) is 28.0. The molecule has 2 aromatic heterocycles. The van der Waals surface area contributed by atoms with Crippen molar-refractivity contribution < 1.29 is 0 Å². The van der Waals surface area contributed by atoms with Crippen LogP contribution < -0.4 is 0 Å². The Labute approximate surface area is 301 Å². The molecule has 240 valence electrons. The summed E-state index contributed by atoms with van der Waals surface area (Å²) in [5.74, 6) is 0.717. The van der Waals surface area contributed by atoms with Crippen LogP contribution in [0.25, 0.3) is 76.3 Å². The molecule has 0 spiro atoms. The molecule has 7 aromatic carbocycles. The summed E-state index contributed by atoms with van der Waals surface area (Å²) in [6, 6.07) is 63.2. The third-order valence-corrected chi connectivity index (χ3v) is 11.7. The molecule has 3 heteroatoms. The quantitative estimate of drug-likeness (QED) is 0.182. The smallest absolute Gasteiger partial charge is 0.160 e. The van der Waals surface area contributed by atoms with Crippen LogP contribution in [-0.2, 0) is 5.41 Å². The lowest BCUT2D eigenvalue weighted by molar-refractivity contribution is 0.714. The summed E-state index contributed by atoms with van der Waals surface area (Å²) in [6.45, 7) is 2.36. The third kappa shape index (κ3) is 4.70. The fourth-order valence-electron chi connectivity index (χ4n) is 8.15. The van der Waals surface area contributed by atoms with Crippen LogP contribution in [0, 0.1) is 0 Å². The van der Waals surface area contributed by atoms with Crippen molar-refractivity contribution in [2.45, 2.75) is 12.3 Å². The molecule has 51 heavy (non-hydrogen) atoms. The number of aromatic nitrogens is 2. The number of rotatable bonds is 5. The van der Waals surface area contributed by atoms with Crippen molar-refractivity contribution in [1.82, 2.24) is 9.97 Å². The minimum absolute atomic E-state index is 0.289. The SMILES string of the molecule is CC1(c2ccccc2)c2ccccc2-c2c(-c3cc(-c4cccc(-c5cccc6sc7ccccc7c56)c4)nc(-c4ccccc4)n3)cccc21. The van der Waals surface area contributed by atoms with Crippen LogP contribution in [0.15, 0.2) is 176 Å². The van der Waals surface area contributed by atoms with E-state index in [1.165, 1.54) is 59.1 Å². The lowest BCUT2D eigenvalue weighted by Gasteiger charge is -2.28. The molecule has 10 rings (SSSR count). The van der Waals surface area contributed by atoms with Gasteiger partial charge in [0.05, 0.1) is 11.4 Å². The molecule has 0 aliphatic heterocycles. The Balaban J connectivity index is 1.19. The van der Waals surface area contributed by atoms with Crippen LogP contribution in [0.5, 0.6) is 0 Å². The first kappa shape index (κ1) is 29.7. The molecule has 0 N–H and O–H groups in total. The minimum atomic E-state index is -0.289. The largest absolute Gasteiger partial charge is 0.228 e. The number of hydrogen-bond acceptors (Lipinski definition) is 3. The van der Waals surface area contributed by atoms with Crippen LogP contribution in [-0.4, -0.2) is 9.97 Å². The molecular formula is C48H32N2S. The molecule has 1 atom stereocenters. The van der Waals surface area contributed by atoms with E-state index in [0.717, 1.165) is 28.1 Å². The van der Waals surface area contributed by atoms with E-state index in [0.29, 0.717) is 5.82 Å². The van der Waals surface area contributed by atoms with Gasteiger partial charge in [0.1, 0.15) is 0 Å². The Kier molecular flexibility index (Phi) is 6.83. The average Bonchev–Trinajstić information content (AvgIpc) is 3.72. The van der Waals surface area contributed by atoms with Crippen LogP contribution in [0.3, 0.4) is 0 Å². The molecular weight excluding hydrogens is 637 g/mol. The Bertz CT molecular complexity index is 2760. The second-order valence-electron chi connectivity index (χ2n) is 13.5. The van der Waals surface area contributed by atoms with Gasteiger partial charge in [-0.25, -0.2) is 9.97 Å². The summed E-state index contributed by atoms with van der Waals surface area (Å²) in [6.07, 6.45) is 0. The van der Waals surface area contributed by atoms with Gasteiger partial charge < -0.3 is 0 Å². The predicted octanol–water partition coefficient (Wildman–Crippen LogP) is 12.8. The molecule has 0 amide bonds. The fraction of sp³-hybridized carbons (Fsp3) is 0.0417. The molecule has 2 nitrogen and oxygen atoms in total. The highest BCUT2D eigenvalue weighted by Crippen LogP contribution is 2.55. The van der Waals surface area contributed by atoms with Gasteiger partial charge in [0.25, 0.3) is 0 Å². The van der Waals surface area contributed by atoms with E-state index in [1.54, 1.807) is 0 Å². The molecule has 0 saturated heterocycles. The Hall–Kier alpha value is -6.16. The monoisotopic (exact) mass is 668 g/mol. The zero-order valence-corrected chi connectivity index (χ0v) is 28.9. The second-order valence-corrected chi connectivity index (χ2v) is 14.5. The van der Waals surface area contributed by atoms with E-state index in [4.69, 9.17) is 9.97 Å². The Morgan fingerprint density at radius 3 is 1.94 bits per heavy atom. The van der Waals surface area contributed by atoms with Crippen molar-refractivity contribution in [3.63, 3.8) is 0 Å². The van der Waals surface area contributed by atoms with Gasteiger partial charge in [-0.1, -0.05) is 152 Å². The van der Waals surface area contributed by atoms with Gasteiger partial charge in [0.2, 0.25) is 0 Å². The van der Waals surface area contributed by atoms with Crippen LogP contribution in [0.1, 0.15) is 23.6 Å². The molecule has 0 radical (unpaired) electrons. The van der Waals surface area contributed by atoms with E-state index in [2.05, 4.69) is 177 Å². The maximum Gasteiger partial charge on any atom is 0.160 e. The molecule has 0 fully saturated rings. The third-order valence-electron chi connectivity index (χ3n) is 10.6. The first-order chi connectivity index (χ1) is 25.2. The predicted molar refractivity (Wildman–Crippen MR) is 214 cm³/mol. The topological polar surface area (TPSA) is 25.8 Å². The molecule has 9 aromatic rings. The summed E-state index contributed by atoms with van der Waals surface area (Å²) >= 11 is 1.85. The van der Waals surface area contributed by atoms with Gasteiger partial charge in [-0.2, -0.15) is 0 Å². The first-order valence-corrected chi connectivity index (χ1v) is 18.2. The lowest BCUT2D eigenvalue weighted by Crippen LogP contribution is -2.22.